The second kappa shape index (κ2) is 5.04. The van der Waals surface area contributed by atoms with E-state index in [0.717, 1.165) is 31.4 Å². The number of hydrogen-bond donors (Lipinski definition) is 0. The average Bonchev–Trinajstić information content (AvgIpc) is 2.72. The summed E-state index contributed by atoms with van der Waals surface area (Å²) in [6.45, 7) is 2.95. The van der Waals surface area contributed by atoms with E-state index in [4.69, 9.17) is 0 Å². The Morgan fingerprint density at radius 1 is 1.05 bits per heavy atom. The summed E-state index contributed by atoms with van der Waals surface area (Å²) in [5, 5.41) is 0. The largest absolute Gasteiger partial charge is 0.349 e. The van der Waals surface area contributed by atoms with E-state index in [9.17, 15) is 4.79 Å². The molecule has 0 unspecified atom stereocenters. The first-order chi connectivity index (χ1) is 9.22. The molecular formula is C17H19NO. The molecular weight excluding hydrogens is 234 g/mol. The Hall–Kier alpha value is -1.83. The number of carbonyl (C=O) groups excluding carboxylic acids is 1. The highest BCUT2D eigenvalue weighted by Crippen LogP contribution is 2.22. The minimum atomic E-state index is 0.315. The normalized spacial score (nSPS) is 15.1. The fourth-order valence-corrected chi connectivity index (χ4v) is 2.74. The van der Waals surface area contributed by atoms with Crippen molar-refractivity contribution >= 4 is 5.78 Å². The minimum Gasteiger partial charge on any atom is -0.349 e. The predicted octanol–water partition coefficient (Wildman–Crippen LogP) is 3.75. The first kappa shape index (κ1) is 12.2. The van der Waals surface area contributed by atoms with Crippen LogP contribution < -0.4 is 0 Å². The van der Waals surface area contributed by atoms with Crippen molar-refractivity contribution < 1.29 is 4.79 Å². The fourth-order valence-electron chi connectivity index (χ4n) is 2.74. The fraction of sp³-hybridized carbons (Fsp3) is 0.353. The number of aromatic nitrogens is 1. The van der Waals surface area contributed by atoms with Crippen LogP contribution in [0.4, 0.5) is 0 Å². The molecule has 0 bridgehead atoms. The molecule has 0 N–H and O–H groups in total. The molecule has 2 heteroatoms. The number of fused-ring (bicyclic) bond motifs is 1. The first-order valence-corrected chi connectivity index (χ1v) is 7.00. The number of benzene rings is 1. The van der Waals surface area contributed by atoms with Crippen LogP contribution in [0, 0.1) is 6.92 Å². The smallest absolute Gasteiger partial charge is 0.164 e. The lowest BCUT2D eigenvalue weighted by atomic mass is 10.1. The summed E-state index contributed by atoms with van der Waals surface area (Å²) in [5.41, 5.74) is 4.74. The molecule has 0 saturated carbocycles. The van der Waals surface area contributed by atoms with Crippen molar-refractivity contribution in [3.63, 3.8) is 0 Å². The van der Waals surface area contributed by atoms with Gasteiger partial charge >= 0.3 is 0 Å². The van der Waals surface area contributed by atoms with Crippen LogP contribution in [0.2, 0.25) is 0 Å². The van der Waals surface area contributed by atoms with Crippen LogP contribution in [0.15, 0.2) is 36.7 Å². The van der Waals surface area contributed by atoms with E-state index in [1.54, 1.807) is 0 Å². The monoisotopic (exact) mass is 253 g/mol. The Kier molecular flexibility index (Phi) is 3.24. The molecule has 0 spiro atoms. The van der Waals surface area contributed by atoms with E-state index < -0.39 is 0 Å². The number of rotatable bonds is 2. The Morgan fingerprint density at radius 2 is 1.79 bits per heavy atom. The SMILES string of the molecule is Cc1ccc(Cn2cc3c(c2)C(=O)CCCC3)cc1. The van der Waals surface area contributed by atoms with Gasteiger partial charge in [0.1, 0.15) is 0 Å². The van der Waals surface area contributed by atoms with Gasteiger partial charge in [0.05, 0.1) is 0 Å². The summed E-state index contributed by atoms with van der Waals surface area (Å²) in [6.07, 6.45) is 8.10. The lowest BCUT2D eigenvalue weighted by Crippen LogP contribution is -1.99. The number of hydrogen-bond acceptors (Lipinski definition) is 1. The number of aryl methyl sites for hydroxylation is 2. The quantitative estimate of drug-likeness (QED) is 0.747. The highest BCUT2D eigenvalue weighted by atomic mass is 16.1. The molecule has 1 aromatic heterocycles. The standard InChI is InChI=1S/C17H19NO/c1-13-6-8-14(9-7-13)10-18-11-15-4-2-3-5-17(19)16(15)12-18/h6-9,11-12H,2-5,10H2,1H3. The van der Waals surface area contributed by atoms with E-state index in [1.165, 1.54) is 16.7 Å². The third-order valence-corrected chi connectivity index (χ3v) is 3.85. The van der Waals surface area contributed by atoms with Crippen LogP contribution >= 0.6 is 0 Å². The number of nitrogens with zero attached hydrogens (tertiary/aromatic N) is 1. The maximum absolute atomic E-state index is 12.0. The molecule has 0 radical (unpaired) electrons. The highest BCUT2D eigenvalue weighted by Gasteiger charge is 2.17. The molecule has 0 amide bonds. The van der Waals surface area contributed by atoms with E-state index in [-0.39, 0.29) is 0 Å². The third kappa shape index (κ3) is 2.62. The van der Waals surface area contributed by atoms with Gasteiger partial charge in [-0.2, -0.15) is 0 Å². The molecule has 0 fully saturated rings. The molecule has 0 saturated heterocycles. The van der Waals surface area contributed by atoms with Gasteiger partial charge in [0.25, 0.3) is 0 Å². The second-order valence-electron chi connectivity index (χ2n) is 5.49. The van der Waals surface area contributed by atoms with Gasteiger partial charge in [-0.1, -0.05) is 29.8 Å². The Balaban J connectivity index is 1.84. The van der Waals surface area contributed by atoms with E-state index >= 15 is 0 Å². The summed E-state index contributed by atoms with van der Waals surface area (Å²) in [4.78, 5) is 12.0. The van der Waals surface area contributed by atoms with E-state index in [2.05, 4.69) is 42.0 Å². The van der Waals surface area contributed by atoms with Crippen molar-refractivity contribution in [3.8, 4) is 0 Å². The Morgan fingerprint density at radius 3 is 2.58 bits per heavy atom. The van der Waals surface area contributed by atoms with Gasteiger partial charge in [0.2, 0.25) is 0 Å². The van der Waals surface area contributed by atoms with Crippen molar-refractivity contribution in [1.29, 1.82) is 0 Å². The molecule has 1 aliphatic rings. The topological polar surface area (TPSA) is 22.0 Å². The molecule has 98 valence electrons. The third-order valence-electron chi connectivity index (χ3n) is 3.85. The van der Waals surface area contributed by atoms with Crippen LogP contribution in [-0.2, 0) is 13.0 Å². The zero-order valence-corrected chi connectivity index (χ0v) is 11.4. The van der Waals surface area contributed by atoms with Gasteiger partial charge in [-0.15, -0.1) is 0 Å². The minimum absolute atomic E-state index is 0.315. The summed E-state index contributed by atoms with van der Waals surface area (Å²) >= 11 is 0. The number of Topliss-reactive ketones (excluding diaryl/α,β-unsaturated/α-hetero) is 1. The summed E-state index contributed by atoms with van der Waals surface area (Å²) in [7, 11) is 0. The van der Waals surface area contributed by atoms with Crippen molar-refractivity contribution in [3.05, 3.63) is 58.9 Å². The van der Waals surface area contributed by atoms with E-state index in [1.807, 2.05) is 6.20 Å². The van der Waals surface area contributed by atoms with Gasteiger partial charge in [0.15, 0.2) is 5.78 Å². The average molecular weight is 253 g/mol. The predicted molar refractivity (Wildman–Crippen MR) is 76.6 cm³/mol. The summed E-state index contributed by atoms with van der Waals surface area (Å²) < 4.78 is 2.15. The second-order valence-corrected chi connectivity index (χ2v) is 5.49. The molecule has 0 atom stereocenters. The Bertz CT molecular complexity index is 592. The lowest BCUT2D eigenvalue weighted by Gasteiger charge is -2.04. The molecule has 2 nitrogen and oxygen atoms in total. The van der Waals surface area contributed by atoms with Crippen LogP contribution in [-0.4, -0.2) is 10.4 Å². The van der Waals surface area contributed by atoms with Crippen molar-refractivity contribution in [2.24, 2.45) is 0 Å². The van der Waals surface area contributed by atoms with Gasteiger partial charge in [-0.3, -0.25) is 4.79 Å². The lowest BCUT2D eigenvalue weighted by molar-refractivity contribution is 0.0982. The van der Waals surface area contributed by atoms with Crippen molar-refractivity contribution in [2.75, 3.05) is 0 Å². The van der Waals surface area contributed by atoms with Crippen LogP contribution in [0.5, 0.6) is 0 Å². The zero-order chi connectivity index (χ0) is 13.2. The maximum Gasteiger partial charge on any atom is 0.164 e. The molecule has 2 aromatic rings. The molecule has 3 rings (SSSR count). The molecule has 1 heterocycles. The van der Waals surface area contributed by atoms with Crippen molar-refractivity contribution in [2.45, 2.75) is 39.2 Å². The molecule has 1 aliphatic carbocycles. The van der Waals surface area contributed by atoms with Gasteiger partial charge in [-0.05, 0) is 37.3 Å². The number of carbonyl (C=O) groups is 1. The van der Waals surface area contributed by atoms with Gasteiger partial charge < -0.3 is 4.57 Å². The van der Waals surface area contributed by atoms with E-state index in [0.29, 0.717) is 12.2 Å². The summed E-state index contributed by atoms with van der Waals surface area (Å²) in [6, 6.07) is 8.58. The van der Waals surface area contributed by atoms with Crippen LogP contribution in [0.1, 0.15) is 46.3 Å². The molecule has 0 aliphatic heterocycles. The molecule has 1 aromatic carbocycles. The molecule has 19 heavy (non-hydrogen) atoms. The Labute approximate surface area is 114 Å². The highest BCUT2D eigenvalue weighted by molar-refractivity contribution is 5.97. The number of ketones is 1. The van der Waals surface area contributed by atoms with Crippen LogP contribution in [0.3, 0.4) is 0 Å². The summed E-state index contributed by atoms with van der Waals surface area (Å²) in [5.74, 6) is 0.315. The zero-order valence-electron chi connectivity index (χ0n) is 11.4. The van der Waals surface area contributed by atoms with Crippen molar-refractivity contribution in [1.82, 2.24) is 4.57 Å². The maximum atomic E-state index is 12.0. The van der Waals surface area contributed by atoms with Crippen LogP contribution in [0.25, 0.3) is 0 Å². The van der Waals surface area contributed by atoms with Gasteiger partial charge in [0, 0.05) is 30.9 Å². The first-order valence-electron chi connectivity index (χ1n) is 7.00. The van der Waals surface area contributed by atoms with Gasteiger partial charge in [-0.25, -0.2) is 0 Å².